The summed E-state index contributed by atoms with van der Waals surface area (Å²) in [5.74, 6) is -0.0378. The summed E-state index contributed by atoms with van der Waals surface area (Å²) < 4.78 is 11.2. The molecule has 3 aromatic rings. The highest BCUT2D eigenvalue weighted by atomic mass is 79.9. The van der Waals surface area contributed by atoms with Crippen molar-refractivity contribution in [2.75, 3.05) is 12.4 Å². The van der Waals surface area contributed by atoms with Gasteiger partial charge in [0.15, 0.2) is 5.65 Å². The number of hydrogen-bond donors (Lipinski definition) is 0. The predicted molar refractivity (Wildman–Crippen MR) is 105 cm³/mol. The molecule has 0 saturated carbocycles. The van der Waals surface area contributed by atoms with Crippen LogP contribution in [-0.2, 0) is 6.54 Å². The third-order valence-electron chi connectivity index (χ3n) is 3.62. The molecule has 0 atom stereocenters. The van der Waals surface area contributed by atoms with Crippen molar-refractivity contribution in [3.05, 3.63) is 69.1 Å². The maximum atomic E-state index is 11.9. The number of ether oxygens (including phenoxy) is 1. The molecule has 0 amide bonds. The van der Waals surface area contributed by atoms with Gasteiger partial charge in [-0.05, 0) is 36.2 Å². The zero-order valence-corrected chi connectivity index (χ0v) is 16.4. The molecule has 7 heteroatoms. The van der Waals surface area contributed by atoms with Gasteiger partial charge in [-0.2, -0.15) is 0 Å². The van der Waals surface area contributed by atoms with Crippen LogP contribution in [-0.4, -0.2) is 22.0 Å². The smallest absolute Gasteiger partial charge is 0.423 e. The number of fused-ring (bicyclic) bond motifs is 1. The van der Waals surface area contributed by atoms with Crippen molar-refractivity contribution in [3.8, 4) is 5.75 Å². The lowest BCUT2D eigenvalue weighted by Crippen LogP contribution is -2.26. The minimum Gasteiger partial charge on any atom is -0.497 e. The number of pyridine rings is 1. The molecule has 0 bridgehead atoms. The Bertz CT molecular complexity index is 963. The van der Waals surface area contributed by atoms with Crippen LogP contribution in [0.3, 0.4) is 0 Å². The molecule has 0 aliphatic rings. The van der Waals surface area contributed by atoms with Crippen molar-refractivity contribution < 1.29 is 9.15 Å². The summed E-state index contributed by atoms with van der Waals surface area (Å²) in [6.45, 7) is 2.43. The van der Waals surface area contributed by atoms with Crippen molar-refractivity contribution in [2.45, 2.75) is 26.3 Å². The molecule has 1 aromatic carbocycles. The van der Waals surface area contributed by atoms with Gasteiger partial charge in [0.2, 0.25) is 0 Å². The predicted octanol–water partition coefficient (Wildman–Crippen LogP) is 3.59. The Morgan fingerprint density at radius 1 is 1.23 bits per heavy atom. The topological polar surface area (TPSA) is 74.3 Å². The summed E-state index contributed by atoms with van der Waals surface area (Å²) >= 11 is 3.31. The Hall–Kier alpha value is -2.41. The molecule has 0 fully saturated rings. The van der Waals surface area contributed by atoms with Crippen LogP contribution in [0, 0.1) is 0 Å². The van der Waals surface area contributed by atoms with Crippen molar-refractivity contribution >= 4 is 27.0 Å². The molecule has 0 aliphatic carbocycles. The Labute approximate surface area is 159 Å². The van der Waals surface area contributed by atoms with E-state index in [2.05, 4.69) is 27.8 Å². The van der Waals surface area contributed by atoms with Crippen LogP contribution < -0.4 is 16.1 Å². The molecule has 0 radical (unpaired) electrons. The minimum atomic E-state index is -0.728. The second-order valence-corrected chi connectivity index (χ2v) is 6.30. The molecule has 26 heavy (non-hydrogen) atoms. The Morgan fingerprint density at radius 2 is 2.04 bits per heavy atom. The normalized spacial score (nSPS) is 10.3. The zero-order valence-electron chi connectivity index (χ0n) is 14.8. The number of methoxy groups -OCH3 is 1. The van der Waals surface area contributed by atoms with Gasteiger partial charge < -0.3 is 9.15 Å². The van der Waals surface area contributed by atoms with Gasteiger partial charge in [-0.25, -0.2) is 14.6 Å². The van der Waals surface area contributed by atoms with Crippen LogP contribution in [0.4, 0.5) is 0 Å². The van der Waals surface area contributed by atoms with Gasteiger partial charge in [0.25, 0.3) is 0 Å². The summed E-state index contributed by atoms with van der Waals surface area (Å²) in [4.78, 5) is 27.7. The van der Waals surface area contributed by atoms with E-state index in [-0.39, 0.29) is 11.9 Å². The number of benzene rings is 1. The van der Waals surface area contributed by atoms with Gasteiger partial charge in [0.1, 0.15) is 11.1 Å². The van der Waals surface area contributed by atoms with E-state index < -0.39 is 11.4 Å². The highest BCUT2D eigenvalue weighted by Gasteiger charge is 2.10. The molecule has 0 saturated heterocycles. The molecule has 6 nitrogen and oxygen atoms in total. The lowest BCUT2D eigenvalue weighted by Gasteiger charge is -2.08. The third kappa shape index (κ3) is 5.05. The molecular formula is C19H21BrN2O4. The van der Waals surface area contributed by atoms with E-state index in [9.17, 15) is 9.59 Å². The Balaban J connectivity index is 0.000000431. The van der Waals surface area contributed by atoms with Crippen LogP contribution in [0.2, 0.25) is 0 Å². The number of unbranched alkanes of at least 4 members (excludes halogenated alkanes) is 1. The van der Waals surface area contributed by atoms with E-state index in [1.54, 1.807) is 19.2 Å². The van der Waals surface area contributed by atoms with E-state index in [1.807, 2.05) is 24.3 Å². The van der Waals surface area contributed by atoms with Crippen LogP contribution in [0.5, 0.6) is 5.75 Å². The number of halogens is 1. The summed E-state index contributed by atoms with van der Waals surface area (Å²) in [6.07, 6.45) is 4.13. The molecule has 138 valence electrons. The maximum absolute atomic E-state index is 11.9. The highest BCUT2D eigenvalue weighted by Crippen LogP contribution is 2.14. The van der Waals surface area contributed by atoms with Crippen molar-refractivity contribution in [3.63, 3.8) is 0 Å². The van der Waals surface area contributed by atoms with Crippen molar-refractivity contribution in [1.82, 2.24) is 9.55 Å². The second kappa shape index (κ2) is 9.91. The number of nitrogens with zero attached hydrogens (tertiary/aromatic N) is 2. The second-order valence-electron chi connectivity index (χ2n) is 5.51. The van der Waals surface area contributed by atoms with Crippen LogP contribution in [0.25, 0.3) is 11.0 Å². The standard InChI is InChI=1S/C15H12N2O4.C4H9Br/c1-20-11-5-2-4-10(8-11)9-17-13-12(6-3-7-16-13)14(18)21-15(17)19;1-2-3-4-5/h2-8H,9H2,1H3;2-4H2,1H3. The van der Waals surface area contributed by atoms with Crippen molar-refractivity contribution in [1.29, 1.82) is 0 Å². The monoisotopic (exact) mass is 420 g/mol. The van der Waals surface area contributed by atoms with Gasteiger partial charge in [-0.15, -0.1) is 0 Å². The van der Waals surface area contributed by atoms with E-state index in [0.717, 1.165) is 10.9 Å². The van der Waals surface area contributed by atoms with Crippen LogP contribution in [0.1, 0.15) is 25.3 Å². The van der Waals surface area contributed by atoms with Gasteiger partial charge in [-0.3, -0.25) is 4.57 Å². The van der Waals surface area contributed by atoms with Gasteiger partial charge in [0.05, 0.1) is 13.7 Å². The first-order valence-electron chi connectivity index (χ1n) is 8.28. The number of alkyl halides is 1. The summed E-state index contributed by atoms with van der Waals surface area (Å²) in [7, 11) is 1.57. The average molecular weight is 421 g/mol. The summed E-state index contributed by atoms with van der Waals surface area (Å²) in [6, 6.07) is 10.5. The van der Waals surface area contributed by atoms with Crippen LogP contribution in [0.15, 0.2) is 56.6 Å². The Morgan fingerprint density at radius 3 is 2.69 bits per heavy atom. The fourth-order valence-electron chi connectivity index (χ4n) is 2.27. The highest BCUT2D eigenvalue weighted by molar-refractivity contribution is 9.09. The summed E-state index contributed by atoms with van der Waals surface area (Å²) in [5.41, 5.74) is 0.476. The van der Waals surface area contributed by atoms with E-state index in [4.69, 9.17) is 9.15 Å². The fourth-order valence-corrected chi connectivity index (χ4v) is 2.83. The average Bonchev–Trinajstić information content (AvgIpc) is 2.66. The zero-order chi connectivity index (χ0) is 18.9. The first kappa shape index (κ1) is 19.9. The first-order valence-corrected chi connectivity index (χ1v) is 9.40. The van der Waals surface area contributed by atoms with Crippen LogP contribution >= 0.6 is 15.9 Å². The minimum absolute atomic E-state index is 0.243. The summed E-state index contributed by atoms with van der Waals surface area (Å²) in [5, 5.41) is 1.43. The fraction of sp³-hybridized carbons (Fsp3) is 0.316. The van der Waals surface area contributed by atoms with E-state index >= 15 is 0 Å². The molecule has 0 aliphatic heterocycles. The number of hydrogen-bond acceptors (Lipinski definition) is 5. The lowest BCUT2D eigenvalue weighted by molar-refractivity contribution is 0.412. The SMILES string of the molecule is CCCCBr.COc1cccc(Cn2c(=O)oc(=O)c3cccnc32)c1. The number of rotatable bonds is 5. The van der Waals surface area contributed by atoms with Gasteiger partial charge in [-0.1, -0.05) is 41.4 Å². The molecular weight excluding hydrogens is 400 g/mol. The largest absolute Gasteiger partial charge is 0.497 e. The molecule has 0 spiro atoms. The van der Waals surface area contributed by atoms with Gasteiger partial charge in [0, 0.05) is 11.5 Å². The third-order valence-corrected chi connectivity index (χ3v) is 4.19. The van der Waals surface area contributed by atoms with E-state index in [1.165, 1.54) is 23.6 Å². The first-order chi connectivity index (χ1) is 12.6. The molecule has 2 heterocycles. The maximum Gasteiger partial charge on any atom is 0.423 e. The van der Waals surface area contributed by atoms with E-state index in [0.29, 0.717) is 11.4 Å². The lowest BCUT2D eigenvalue weighted by atomic mass is 10.2. The van der Waals surface area contributed by atoms with Crippen molar-refractivity contribution in [2.24, 2.45) is 0 Å². The quantitative estimate of drug-likeness (QED) is 0.589. The van der Waals surface area contributed by atoms with Gasteiger partial charge >= 0.3 is 11.4 Å². The molecule has 0 N–H and O–H groups in total. The molecule has 0 unspecified atom stereocenters. The Kier molecular flexibility index (Phi) is 7.59. The molecule has 3 rings (SSSR count). The molecule has 2 aromatic heterocycles. The number of aromatic nitrogens is 2.